The molecular formula is C18H18BrFO. The third-order valence-electron chi connectivity index (χ3n) is 3.95. The largest absolute Gasteiger partial charge is 0.490 e. The molecule has 0 radical (unpaired) electrons. The molecule has 0 aliphatic carbocycles. The minimum atomic E-state index is -0.181. The van der Waals surface area contributed by atoms with Crippen molar-refractivity contribution < 1.29 is 9.13 Å². The van der Waals surface area contributed by atoms with Crippen LogP contribution in [0.25, 0.3) is 0 Å². The van der Waals surface area contributed by atoms with Gasteiger partial charge in [0, 0.05) is 17.3 Å². The van der Waals surface area contributed by atoms with Crippen LogP contribution >= 0.6 is 15.9 Å². The van der Waals surface area contributed by atoms with E-state index in [1.165, 1.54) is 11.6 Å². The van der Waals surface area contributed by atoms with Gasteiger partial charge in [-0.1, -0.05) is 46.3 Å². The van der Waals surface area contributed by atoms with E-state index in [2.05, 4.69) is 40.2 Å². The van der Waals surface area contributed by atoms with Crippen molar-refractivity contribution in [1.29, 1.82) is 0 Å². The number of benzene rings is 2. The molecule has 1 aliphatic heterocycles. The molecule has 2 aromatic rings. The molecule has 1 heterocycles. The molecule has 0 saturated carbocycles. The summed E-state index contributed by atoms with van der Waals surface area (Å²) in [6.07, 6.45) is 2.99. The van der Waals surface area contributed by atoms with E-state index in [1.54, 1.807) is 12.1 Å². The van der Waals surface area contributed by atoms with Crippen molar-refractivity contribution in [2.24, 2.45) is 5.92 Å². The first-order valence-electron chi connectivity index (χ1n) is 7.29. The molecule has 1 aliphatic rings. The van der Waals surface area contributed by atoms with Crippen molar-refractivity contribution >= 4 is 15.9 Å². The minimum Gasteiger partial charge on any atom is -0.490 e. The van der Waals surface area contributed by atoms with E-state index >= 15 is 0 Å². The molecule has 2 unspecified atom stereocenters. The van der Waals surface area contributed by atoms with Gasteiger partial charge in [0.1, 0.15) is 17.7 Å². The van der Waals surface area contributed by atoms with E-state index in [0.29, 0.717) is 5.92 Å². The summed E-state index contributed by atoms with van der Waals surface area (Å²) in [4.78, 5) is 0. The van der Waals surface area contributed by atoms with Gasteiger partial charge in [-0.15, -0.1) is 0 Å². The van der Waals surface area contributed by atoms with Crippen LogP contribution in [0.15, 0.2) is 48.5 Å². The number of hydrogen-bond acceptors (Lipinski definition) is 1. The molecule has 2 aromatic carbocycles. The zero-order chi connectivity index (χ0) is 14.7. The van der Waals surface area contributed by atoms with Gasteiger partial charge < -0.3 is 4.74 Å². The fourth-order valence-corrected chi connectivity index (χ4v) is 3.43. The van der Waals surface area contributed by atoms with Crippen molar-refractivity contribution in [2.75, 3.05) is 5.33 Å². The predicted octanol–water partition coefficient (Wildman–Crippen LogP) is 4.77. The Bertz CT molecular complexity index is 599. The average Bonchev–Trinajstić information content (AvgIpc) is 2.89. The van der Waals surface area contributed by atoms with E-state index in [0.717, 1.165) is 35.9 Å². The fraction of sp³-hybridized carbons (Fsp3) is 0.333. The van der Waals surface area contributed by atoms with Gasteiger partial charge in [-0.05, 0) is 42.5 Å². The number of alkyl halides is 1. The number of rotatable bonds is 5. The summed E-state index contributed by atoms with van der Waals surface area (Å²) in [6.45, 7) is 0. The number of halogens is 2. The van der Waals surface area contributed by atoms with Crippen molar-refractivity contribution in [2.45, 2.75) is 25.4 Å². The van der Waals surface area contributed by atoms with Crippen LogP contribution in [0.1, 0.15) is 17.5 Å². The molecule has 0 bridgehead atoms. The van der Waals surface area contributed by atoms with Crippen LogP contribution < -0.4 is 4.74 Å². The van der Waals surface area contributed by atoms with Gasteiger partial charge >= 0.3 is 0 Å². The Balaban J connectivity index is 1.61. The third kappa shape index (κ3) is 3.65. The molecule has 3 heteroatoms. The topological polar surface area (TPSA) is 9.23 Å². The zero-order valence-corrected chi connectivity index (χ0v) is 13.4. The van der Waals surface area contributed by atoms with Crippen molar-refractivity contribution in [3.63, 3.8) is 0 Å². The second kappa shape index (κ2) is 6.61. The van der Waals surface area contributed by atoms with Gasteiger partial charge in [-0.2, -0.15) is 0 Å². The highest BCUT2D eigenvalue weighted by Crippen LogP contribution is 2.32. The monoisotopic (exact) mass is 348 g/mol. The van der Waals surface area contributed by atoms with E-state index in [4.69, 9.17) is 4.74 Å². The lowest BCUT2D eigenvalue weighted by Crippen LogP contribution is -2.20. The molecule has 21 heavy (non-hydrogen) atoms. The molecule has 3 rings (SSSR count). The van der Waals surface area contributed by atoms with E-state index in [-0.39, 0.29) is 11.9 Å². The summed E-state index contributed by atoms with van der Waals surface area (Å²) >= 11 is 3.61. The number of hydrogen-bond donors (Lipinski definition) is 0. The van der Waals surface area contributed by atoms with Crippen LogP contribution in [-0.4, -0.2) is 11.4 Å². The van der Waals surface area contributed by atoms with Crippen LogP contribution in [0.3, 0.4) is 0 Å². The highest BCUT2D eigenvalue weighted by atomic mass is 79.9. The summed E-state index contributed by atoms with van der Waals surface area (Å²) in [5, 5.41) is 0.951. The van der Waals surface area contributed by atoms with Crippen molar-refractivity contribution in [3.05, 3.63) is 65.5 Å². The van der Waals surface area contributed by atoms with E-state index in [9.17, 15) is 4.39 Å². The van der Waals surface area contributed by atoms with Gasteiger partial charge in [-0.25, -0.2) is 4.39 Å². The lowest BCUT2D eigenvalue weighted by molar-refractivity contribution is 0.199. The smallest absolute Gasteiger partial charge is 0.123 e. The van der Waals surface area contributed by atoms with Crippen LogP contribution in [-0.2, 0) is 12.8 Å². The molecule has 0 amide bonds. The Morgan fingerprint density at radius 1 is 1.19 bits per heavy atom. The maximum atomic E-state index is 13.2. The maximum absolute atomic E-state index is 13.2. The van der Waals surface area contributed by atoms with Crippen LogP contribution in [0, 0.1) is 11.7 Å². The van der Waals surface area contributed by atoms with Gasteiger partial charge in [0.15, 0.2) is 0 Å². The fourth-order valence-electron chi connectivity index (χ4n) is 2.94. The van der Waals surface area contributed by atoms with E-state index in [1.807, 2.05) is 6.07 Å². The van der Waals surface area contributed by atoms with Crippen molar-refractivity contribution in [3.8, 4) is 5.75 Å². The lowest BCUT2D eigenvalue weighted by atomic mass is 9.94. The highest BCUT2D eigenvalue weighted by Gasteiger charge is 2.26. The van der Waals surface area contributed by atoms with E-state index < -0.39 is 0 Å². The number of ether oxygens (including phenoxy) is 1. The minimum absolute atomic E-state index is 0.160. The Labute approximate surface area is 133 Å². The van der Waals surface area contributed by atoms with Crippen LogP contribution in [0.2, 0.25) is 0 Å². The summed E-state index contributed by atoms with van der Waals surface area (Å²) in [5.74, 6) is 1.19. The standard InChI is InChI=1S/C18H18BrFO/c19-12-14(8-13-4-2-1-3-5-13)9-17-11-15-10-16(20)6-7-18(15)21-17/h1-7,10,14,17H,8-9,11-12H2. The van der Waals surface area contributed by atoms with Gasteiger partial charge in [0.05, 0.1) is 0 Å². The lowest BCUT2D eigenvalue weighted by Gasteiger charge is -2.18. The molecule has 0 saturated heterocycles. The molecule has 1 nitrogen and oxygen atoms in total. The molecule has 0 aromatic heterocycles. The normalized spacial score (nSPS) is 18.1. The molecule has 110 valence electrons. The highest BCUT2D eigenvalue weighted by molar-refractivity contribution is 9.09. The second-order valence-corrected chi connectivity index (χ2v) is 6.29. The predicted molar refractivity (Wildman–Crippen MR) is 86.6 cm³/mol. The van der Waals surface area contributed by atoms with Crippen molar-refractivity contribution in [1.82, 2.24) is 0 Å². The summed E-state index contributed by atoms with van der Waals surface area (Å²) in [6, 6.07) is 15.3. The zero-order valence-electron chi connectivity index (χ0n) is 11.8. The first kappa shape index (κ1) is 14.6. The third-order valence-corrected chi connectivity index (χ3v) is 4.86. The Hall–Kier alpha value is -1.35. The summed E-state index contributed by atoms with van der Waals surface area (Å²) in [5.41, 5.74) is 2.34. The molecule has 0 spiro atoms. The summed E-state index contributed by atoms with van der Waals surface area (Å²) < 4.78 is 19.2. The Morgan fingerprint density at radius 3 is 2.76 bits per heavy atom. The Morgan fingerprint density at radius 2 is 2.00 bits per heavy atom. The SMILES string of the molecule is Fc1ccc2c(c1)CC(CC(CBr)Cc1ccccc1)O2. The first-order valence-corrected chi connectivity index (χ1v) is 8.41. The molecule has 0 N–H and O–H groups in total. The molecule has 0 fully saturated rings. The Kier molecular flexibility index (Phi) is 4.59. The van der Waals surface area contributed by atoms with Crippen LogP contribution in [0.4, 0.5) is 4.39 Å². The molecule has 2 atom stereocenters. The summed E-state index contributed by atoms with van der Waals surface area (Å²) in [7, 11) is 0. The van der Waals surface area contributed by atoms with Gasteiger partial charge in [0.2, 0.25) is 0 Å². The van der Waals surface area contributed by atoms with Gasteiger partial charge in [-0.3, -0.25) is 0 Å². The first-order chi connectivity index (χ1) is 10.2. The molecular weight excluding hydrogens is 331 g/mol. The second-order valence-electron chi connectivity index (χ2n) is 5.64. The average molecular weight is 349 g/mol. The number of fused-ring (bicyclic) bond motifs is 1. The van der Waals surface area contributed by atoms with Crippen LogP contribution in [0.5, 0.6) is 5.75 Å². The van der Waals surface area contributed by atoms with Gasteiger partial charge in [0.25, 0.3) is 0 Å². The quantitative estimate of drug-likeness (QED) is 0.707. The maximum Gasteiger partial charge on any atom is 0.123 e.